The lowest BCUT2D eigenvalue weighted by Crippen LogP contribution is -2.53. The van der Waals surface area contributed by atoms with Gasteiger partial charge in [-0.3, -0.25) is 14.5 Å². The second-order valence-corrected chi connectivity index (χ2v) is 4.31. The molecule has 1 aromatic rings. The van der Waals surface area contributed by atoms with Gasteiger partial charge in [0.1, 0.15) is 0 Å². The van der Waals surface area contributed by atoms with Crippen LogP contribution in [0.25, 0.3) is 0 Å². The van der Waals surface area contributed by atoms with Gasteiger partial charge in [0.05, 0.1) is 23.9 Å². The average molecular weight is 249 g/mol. The van der Waals surface area contributed by atoms with Crippen LogP contribution in [0.1, 0.15) is 10.4 Å². The molecule has 0 radical (unpaired) electrons. The summed E-state index contributed by atoms with van der Waals surface area (Å²) in [6.07, 6.45) is -0.337. The normalized spacial score (nSPS) is 16.1. The summed E-state index contributed by atoms with van der Waals surface area (Å²) in [6.45, 7) is 1.21. The molecule has 0 unspecified atom stereocenters. The Kier molecular flexibility index (Phi) is 3.59. The SMILES string of the molecule is NC(=O)c1ccccc1NC(=O)CN1CC(O)C1. The van der Waals surface area contributed by atoms with Gasteiger partial charge in [-0.1, -0.05) is 12.1 Å². The number of nitrogens with one attached hydrogen (secondary N) is 1. The largest absolute Gasteiger partial charge is 0.390 e. The van der Waals surface area contributed by atoms with E-state index in [-0.39, 0.29) is 24.1 Å². The van der Waals surface area contributed by atoms with Crippen LogP contribution in [0.2, 0.25) is 0 Å². The van der Waals surface area contributed by atoms with Gasteiger partial charge in [0.2, 0.25) is 5.91 Å². The van der Waals surface area contributed by atoms with Crippen LogP contribution < -0.4 is 11.1 Å². The van der Waals surface area contributed by atoms with Gasteiger partial charge < -0.3 is 16.2 Å². The predicted octanol–water partition coefficient (Wildman–Crippen LogP) is -0.600. The monoisotopic (exact) mass is 249 g/mol. The second-order valence-electron chi connectivity index (χ2n) is 4.31. The number of benzene rings is 1. The Morgan fingerprint density at radius 3 is 2.67 bits per heavy atom. The molecule has 0 aliphatic carbocycles. The van der Waals surface area contributed by atoms with Crippen molar-refractivity contribution in [1.82, 2.24) is 4.90 Å². The van der Waals surface area contributed by atoms with Crippen LogP contribution in [0.4, 0.5) is 5.69 Å². The van der Waals surface area contributed by atoms with Crippen LogP contribution in [-0.2, 0) is 4.79 Å². The summed E-state index contributed by atoms with van der Waals surface area (Å²) in [5, 5.41) is 11.7. The van der Waals surface area contributed by atoms with Crippen molar-refractivity contribution < 1.29 is 14.7 Å². The van der Waals surface area contributed by atoms with Crippen LogP contribution in [0.5, 0.6) is 0 Å². The zero-order valence-corrected chi connectivity index (χ0v) is 9.80. The Morgan fingerprint density at radius 1 is 1.39 bits per heavy atom. The molecule has 1 aliphatic rings. The van der Waals surface area contributed by atoms with E-state index in [9.17, 15) is 9.59 Å². The maximum absolute atomic E-state index is 11.7. The fourth-order valence-electron chi connectivity index (χ4n) is 1.87. The molecule has 6 nitrogen and oxygen atoms in total. The molecule has 2 amide bonds. The van der Waals surface area contributed by atoms with E-state index in [1.165, 1.54) is 0 Å². The lowest BCUT2D eigenvalue weighted by atomic mass is 10.1. The molecule has 0 bridgehead atoms. The van der Waals surface area contributed by atoms with Gasteiger partial charge in [-0.15, -0.1) is 0 Å². The van der Waals surface area contributed by atoms with Crippen LogP contribution >= 0.6 is 0 Å². The van der Waals surface area contributed by atoms with Crippen LogP contribution in [0.3, 0.4) is 0 Å². The van der Waals surface area contributed by atoms with E-state index in [0.29, 0.717) is 18.8 Å². The Morgan fingerprint density at radius 2 is 2.06 bits per heavy atom. The average Bonchev–Trinajstić information content (AvgIpc) is 2.27. The van der Waals surface area contributed by atoms with Crippen molar-refractivity contribution in [1.29, 1.82) is 0 Å². The summed E-state index contributed by atoms with van der Waals surface area (Å²) < 4.78 is 0. The van der Waals surface area contributed by atoms with E-state index in [2.05, 4.69) is 5.32 Å². The Hall–Kier alpha value is -1.92. The number of primary amides is 1. The highest BCUT2D eigenvalue weighted by molar-refractivity contribution is 6.03. The summed E-state index contributed by atoms with van der Waals surface area (Å²) in [6, 6.07) is 6.59. The number of amides is 2. The van der Waals surface area contributed by atoms with Crippen molar-refractivity contribution >= 4 is 17.5 Å². The molecule has 1 heterocycles. The number of hydrogen-bond donors (Lipinski definition) is 3. The Balaban J connectivity index is 1.96. The van der Waals surface area contributed by atoms with Gasteiger partial charge in [-0.2, -0.15) is 0 Å². The van der Waals surface area contributed by atoms with E-state index in [1.807, 2.05) is 4.90 Å². The number of carbonyl (C=O) groups excluding carboxylic acids is 2. The van der Waals surface area contributed by atoms with Gasteiger partial charge in [0.15, 0.2) is 0 Å². The zero-order valence-electron chi connectivity index (χ0n) is 9.80. The Labute approximate surface area is 104 Å². The minimum absolute atomic E-state index is 0.199. The highest BCUT2D eigenvalue weighted by Gasteiger charge is 2.26. The molecule has 1 aliphatic heterocycles. The van der Waals surface area contributed by atoms with Crippen molar-refractivity contribution in [2.45, 2.75) is 6.10 Å². The molecule has 4 N–H and O–H groups in total. The van der Waals surface area contributed by atoms with E-state index in [1.54, 1.807) is 24.3 Å². The smallest absolute Gasteiger partial charge is 0.250 e. The molecule has 6 heteroatoms. The maximum atomic E-state index is 11.7. The standard InChI is InChI=1S/C12H15N3O3/c13-12(18)9-3-1-2-4-10(9)14-11(17)7-15-5-8(16)6-15/h1-4,8,16H,5-7H2,(H2,13,18)(H,14,17). The molecule has 0 spiro atoms. The lowest BCUT2D eigenvalue weighted by molar-refractivity contribution is -0.119. The van der Waals surface area contributed by atoms with Crippen molar-refractivity contribution in [3.05, 3.63) is 29.8 Å². The van der Waals surface area contributed by atoms with E-state index >= 15 is 0 Å². The predicted molar refractivity (Wildman–Crippen MR) is 66.0 cm³/mol. The van der Waals surface area contributed by atoms with Crippen molar-refractivity contribution in [2.75, 3.05) is 25.0 Å². The van der Waals surface area contributed by atoms with Crippen LogP contribution in [0.15, 0.2) is 24.3 Å². The summed E-state index contributed by atoms with van der Waals surface area (Å²) in [5.74, 6) is -0.805. The molecule has 0 aromatic heterocycles. The number of anilines is 1. The number of carbonyl (C=O) groups is 2. The summed E-state index contributed by atoms with van der Waals surface area (Å²) in [5.41, 5.74) is 5.91. The second kappa shape index (κ2) is 5.16. The van der Waals surface area contributed by atoms with Gasteiger partial charge in [-0.25, -0.2) is 0 Å². The lowest BCUT2D eigenvalue weighted by Gasteiger charge is -2.35. The highest BCUT2D eigenvalue weighted by atomic mass is 16.3. The van der Waals surface area contributed by atoms with Crippen LogP contribution in [0, 0.1) is 0 Å². The van der Waals surface area contributed by atoms with Crippen molar-refractivity contribution in [2.24, 2.45) is 5.73 Å². The van der Waals surface area contributed by atoms with Crippen molar-refractivity contribution in [3.8, 4) is 0 Å². The number of rotatable bonds is 4. The highest BCUT2D eigenvalue weighted by Crippen LogP contribution is 2.14. The maximum Gasteiger partial charge on any atom is 0.250 e. The fourth-order valence-corrected chi connectivity index (χ4v) is 1.87. The fraction of sp³-hybridized carbons (Fsp3) is 0.333. The first-order valence-electron chi connectivity index (χ1n) is 5.65. The first-order valence-corrected chi connectivity index (χ1v) is 5.65. The summed E-state index contributed by atoms with van der Waals surface area (Å²) in [7, 11) is 0. The number of para-hydroxylation sites is 1. The van der Waals surface area contributed by atoms with E-state index in [4.69, 9.17) is 10.8 Å². The number of aliphatic hydroxyl groups excluding tert-OH is 1. The number of hydrogen-bond acceptors (Lipinski definition) is 4. The first kappa shape index (κ1) is 12.5. The third-order valence-electron chi connectivity index (χ3n) is 2.77. The topological polar surface area (TPSA) is 95.7 Å². The molecule has 1 fully saturated rings. The third kappa shape index (κ3) is 2.85. The Bertz CT molecular complexity index is 469. The molecular formula is C12H15N3O3. The minimum atomic E-state index is -0.578. The molecule has 0 atom stereocenters. The number of aliphatic hydroxyl groups is 1. The molecule has 2 rings (SSSR count). The first-order chi connectivity index (χ1) is 8.56. The van der Waals surface area contributed by atoms with Gasteiger partial charge in [0, 0.05) is 13.1 Å². The molecule has 1 aromatic carbocycles. The molecular weight excluding hydrogens is 234 g/mol. The zero-order chi connectivity index (χ0) is 13.1. The van der Waals surface area contributed by atoms with E-state index < -0.39 is 5.91 Å². The minimum Gasteiger partial charge on any atom is -0.390 e. The van der Waals surface area contributed by atoms with Crippen molar-refractivity contribution in [3.63, 3.8) is 0 Å². The third-order valence-corrected chi connectivity index (χ3v) is 2.77. The summed E-state index contributed by atoms with van der Waals surface area (Å²) in [4.78, 5) is 24.7. The molecule has 96 valence electrons. The molecule has 1 saturated heterocycles. The number of nitrogens with zero attached hydrogens (tertiary/aromatic N) is 1. The number of nitrogens with two attached hydrogens (primary N) is 1. The number of β-amino-alcohol motifs (C(OH)–C–C–N with tert-alkyl or cyclic N) is 1. The van der Waals surface area contributed by atoms with Gasteiger partial charge in [0.25, 0.3) is 5.91 Å². The molecule has 18 heavy (non-hydrogen) atoms. The van der Waals surface area contributed by atoms with Gasteiger partial charge in [-0.05, 0) is 12.1 Å². The molecule has 0 saturated carbocycles. The van der Waals surface area contributed by atoms with Crippen LogP contribution in [-0.4, -0.2) is 47.6 Å². The number of likely N-dealkylation sites (tertiary alicyclic amines) is 1. The van der Waals surface area contributed by atoms with E-state index in [0.717, 1.165) is 0 Å². The van der Waals surface area contributed by atoms with Gasteiger partial charge >= 0.3 is 0 Å². The summed E-state index contributed by atoms with van der Waals surface area (Å²) >= 11 is 0. The quantitative estimate of drug-likeness (QED) is 0.664.